The highest BCUT2D eigenvalue weighted by molar-refractivity contribution is 6.06. The molecule has 0 spiro atoms. The molecule has 1 heterocycles. The summed E-state index contributed by atoms with van der Waals surface area (Å²) < 4.78 is 12.0. The van der Waals surface area contributed by atoms with Gasteiger partial charge in [-0.2, -0.15) is 5.10 Å². The number of hydrogen-bond donors (Lipinski definition) is 0. The quantitative estimate of drug-likeness (QED) is 0.423. The summed E-state index contributed by atoms with van der Waals surface area (Å²) in [5, 5.41) is 4.04. The van der Waals surface area contributed by atoms with Crippen LogP contribution in [0.15, 0.2) is 42.6 Å². The van der Waals surface area contributed by atoms with Crippen LogP contribution in [0.2, 0.25) is 0 Å². The molecule has 0 atom stereocenters. The Morgan fingerprint density at radius 2 is 1.96 bits per heavy atom. The van der Waals surface area contributed by atoms with Gasteiger partial charge in [0.05, 0.1) is 25.3 Å². The first-order valence-electron chi connectivity index (χ1n) is 7.69. The third-order valence-corrected chi connectivity index (χ3v) is 3.28. The summed E-state index contributed by atoms with van der Waals surface area (Å²) >= 11 is 0. The molecule has 6 heteroatoms. The van der Waals surface area contributed by atoms with Gasteiger partial charge in [0, 0.05) is 18.8 Å². The minimum Gasteiger partial charge on any atom is -0.493 e. The molecule has 0 unspecified atom stereocenters. The standard InChI is InChI=1S/C18H20N2O4/c1-3-23-18(22)11-13-24-16-7-4-14(5-8-16)17(21)9-6-15-10-12-19-20(15)2/h4-10,12H,3,11,13H2,1-2H3/b9-6+. The van der Waals surface area contributed by atoms with Gasteiger partial charge in [0.2, 0.25) is 0 Å². The van der Waals surface area contributed by atoms with Crippen molar-refractivity contribution in [3.8, 4) is 5.75 Å². The van der Waals surface area contributed by atoms with E-state index in [0.29, 0.717) is 17.9 Å². The minimum atomic E-state index is -0.287. The maximum absolute atomic E-state index is 12.1. The zero-order valence-corrected chi connectivity index (χ0v) is 13.8. The summed E-state index contributed by atoms with van der Waals surface area (Å²) in [6, 6.07) is 8.61. The van der Waals surface area contributed by atoms with Crippen LogP contribution in [0.25, 0.3) is 6.08 Å². The molecule has 0 aliphatic rings. The number of ketones is 1. The molecule has 0 amide bonds. The number of esters is 1. The van der Waals surface area contributed by atoms with Crippen LogP contribution < -0.4 is 4.74 Å². The fourth-order valence-corrected chi connectivity index (χ4v) is 2.01. The summed E-state index contributed by atoms with van der Waals surface area (Å²) in [6.07, 6.45) is 5.10. The van der Waals surface area contributed by atoms with E-state index in [2.05, 4.69) is 5.10 Å². The molecule has 0 aliphatic heterocycles. The number of hydrogen-bond acceptors (Lipinski definition) is 5. The monoisotopic (exact) mass is 328 g/mol. The number of rotatable bonds is 8. The van der Waals surface area contributed by atoms with Gasteiger partial charge in [-0.05, 0) is 49.4 Å². The molecule has 2 aromatic rings. The molecule has 0 aliphatic carbocycles. The number of carbonyl (C=O) groups is 2. The molecule has 2 rings (SSSR count). The predicted octanol–water partition coefficient (Wildman–Crippen LogP) is 2.65. The lowest BCUT2D eigenvalue weighted by atomic mass is 10.1. The maximum atomic E-state index is 12.1. The summed E-state index contributed by atoms with van der Waals surface area (Å²) in [4.78, 5) is 23.3. The Kier molecular flexibility index (Phi) is 6.31. The molecule has 0 saturated carbocycles. The summed E-state index contributed by atoms with van der Waals surface area (Å²) in [6.45, 7) is 2.37. The highest BCUT2D eigenvalue weighted by atomic mass is 16.5. The zero-order valence-electron chi connectivity index (χ0n) is 13.8. The summed E-state index contributed by atoms with van der Waals surface area (Å²) in [7, 11) is 1.81. The molecule has 126 valence electrons. The molecule has 6 nitrogen and oxygen atoms in total. The first-order valence-corrected chi connectivity index (χ1v) is 7.69. The van der Waals surface area contributed by atoms with Crippen molar-refractivity contribution < 1.29 is 19.1 Å². The van der Waals surface area contributed by atoms with Crippen molar-refractivity contribution in [1.82, 2.24) is 9.78 Å². The Morgan fingerprint density at radius 1 is 1.21 bits per heavy atom. The molecule has 0 bridgehead atoms. The van der Waals surface area contributed by atoms with Crippen LogP contribution in [-0.4, -0.2) is 34.7 Å². The van der Waals surface area contributed by atoms with Crippen molar-refractivity contribution in [3.63, 3.8) is 0 Å². The second-order valence-electron chi connectivity index (χ2n) is 5.01. The normalized spacial score (nSPS) is 10.8. The van der Waals surface area contributed by atoms with E-state index in [1.54, 1.807) is 48.1 Å². The van der Waals surface area contributed by atoms with Crippen molar-refractivity contribution in [2.75, 3.05) is 13.2 Å². The first kappa shape index (κ1) is 17.5. The van der Waals surface area contributed by atoms with Gasteiger partial charge in [-0.1, -0.05) is 0 Å². The predicted molar refractivity (Wildman–Crippen MR) is 89.8 cm³/mol. The topological polar surface area (TPSA) is 70.4 Å². The van der Waals surface area contributed by atoms with Crippen molar-refractivity contribution in [3.05, 3.63) is 53.9 Å². The van der Waals surface area contributed by atoms with Crippen molar-refractivity contribution >= 4 is 17.8 Å². The van der Waals surface area contributed by atoms with Gasteiger partial charge in [-0.3, -0.25) is 14.3 Å². The van der Waals surface area contributed by atoms with Gasteiger partial charge < -0.3 is 9.47 Å². The van der Waals surface area contributed by atoms with Crippen LogP contribution in [0.1, 0.15) is 29.4 Å². The Bertz CT molecular complexity index is 717. The van der Waals surface area contributed by atoms with Crippen LogP contribution >= 0.6 is 0 Å². The highest BCUT2D eigenvalue weighted by Crippen LogP contribution is 2.14. The van der Waals surface area contributed by atoms with Gasteiger partial charge in [0.1, 0.15) is 5.75 Å². The van der Waals surface area contributed by atoms with Crippen molar-refractivity contribution in [2.24, 2.45) is 7.05 Å². The molecule has 0 fully saturated rings. The largest absolute Gasteiger partial charge is 0.493 e. The molecule has 0 radical (unpaired) electrons. The van der Waals surface area contributed by atoms with Crippen LogP contribution in [0.5, 0.6) is 5.75 Å². The van der Waals surface area contributed by atoms with E-state index in [0.717, 1.165) is 5.69 Å². The first-order chi connectivity index (χ1) is 11.6. The third kappa shape index (κ3) is 5.08. The average molecular weight is 328 g/mol. The molecule has 1 aromatic heterocycles. The SMILES string of the molecule is CCOC(=O)CCOc1ccc(C(=O)/C=C/c2ccnn2C)cc1. The van der Waals surface area contributed by atoms with Gasteiger partial charge in [-0.25, -0.2) is 0 Å². The summed E-state index contributed by atoms with van der Waals surface area (Å²) in [5.41, 5.74) is 1.41. The number of aromatic nitrogens is 2. The third-order valence-electron chi connectivity index (χ3n) is 3.28. The molecular weight excluding hydrogens is 308 g/mol. The lowest BCUT2D eigenvalue weighted by Gasteiger charge is -2.06. The number of carbonyl (C=O) groups excluding carboxylic acids is 2. The molecule has 0 N–H and O–H groups in total. The number of allylic oxidation sites excluding steroid dienone is 1. The van der Waals surface area contributed by atoms with E-state index in [9.17, 15) is 9.59 Å². The lowest BCUT2D eigenvalue weighted by Crippen LogP contribution is -2.09. The van der Waals surface area contributed by atoms with E-state index < -0.39 is 0 Å². The van der Waals surface area contributed by atoms with Crippen molar-refractivity contribution in [1.29, 1.82) is 0 Å². The van der Waals surface area contributed by atoms with E-state index in [4.69, 9.17) is 9.47 Å². The van der Waals surface area contributed by atoms with E-state index in [1.807, 2.05) is 13.1 Å². The Balaban J connectivity index is 1.87. The Labute approximate surface area is 140 Å². The van der Waals surface area contributed by atoms with Crippen LogP contribution in [0, 0.1) is 0 Å². The minimum absolute atomic E-state index is 0.103. The Morgan fingerprint density at radius 3 is 2.58 bits per heavy atom. The fraction of sp³-hybridized carbons (Fsp3) is 0.278. The van der Waals surface area contributed by atoms with E-state index >= 15 is 0 Å². The zero-order chi connectivity index (χ0) is 17.4. The molecular formula is C18H20N2O4. The number of aryl methyl sites for hydroxylation is 1. The van der Waals surface area contributed by atoms with Crippen LogP contribution in [0.3, 0.4) is 0 Å². The van der Waals surface area contributed by atoms with E-state index in [-0.39, 0.29) is 24.8 Å². The second kappa shape index (κ2) is 8.67. The smallest absolute Gasteiger partial charge is 0.309 e. The van der Waals surface area contributed by atoms with Gasteiger partial charge in [0.25, 0.3) is 0 Å². The maximum Gasteiger partial charge on any atom is 0.309 e. The van der Waals surface area contributed by atoms with Gasteiger partial charge in [-0.15, -0.1) is 0 Å². The van der Waals surface area contributed by atoms with Crippen LogP contribution in [0.4, 0.5) is 0 Å². The van der Waals surface area contributed by atoms with Crippen LogP contribution in [-0.2, 0) is 16.6 Å². The second-order valence-corrected chi connectivity index (χ2v) is 5.01. The molecule has 0 saturated heterocycles. The van der Waals surface area contributed by atoms with Crippen molar-refractivity contribution in [2.45, 2.75) is 13.3 Å². The lowest BCUT2D eigenvalue weighted by molar-refractivity contribution is -0.143. The highest BCUT2D eigenvalue weighted by Gasteiger charge is 2.05. The van der Waals surface area contributed by atoms with E-state index in [1.165, 1.54) is 6.08 Å². The van der Waals surface area contributed by atoms with Gasteiger partial charge >= 0.3 is 5.97 Å². The number of ether oxygens (including phenoxy) is 2. The Hall–Kier alpha value is -2.89. The van der Waals surface area contributed by atoms with Gasteiger partial charge in [0.15, 0.2) is 5.78 Å². The number of benzene rings is 1. The molecule has 24 heavy (non-hydrogen) atoms. The summed E-state index contributed by atoms with van der Waals surface area (Å²) in [5.74, 6) is 0.213. The molecule has 1 aromatic carbocycles. The fourth-order valence-electron chi connectivity index (χ4n) is 2.01. The number of nitrogens with zero attached hydrogens (tertiary/aromatic N) is 2. The average Bonchev–Trinajstić information content (AvgIpc) is 2.98.